The number of hydrogen-bond donors (Lipinski definition) is 0. The van der Waals surface area contributed by atoms with Crippen molar-refractivity contribution < 1.29 is 4.79 Å². The lowest BCUT2D eigenvalue weighted by molar-refractivity contribution is 0.0737. The van der Waals surface area contributed by atoms with Crippen LogP contribution in [0.5, 0.6) is 0 Å². The fourth-order valence-corrected chi connectivity index (χ4v) is 3.23. The average Bonchev–Trinajstić information content (AvgIpc) is 2.86. The summed E-state index contributed by atoms with van der Waals surface area (Å²) in [4.78, 5) is 16.8. The number of halogens is 1. The van der Waals surface area contributed by atoms with E-state index in [1.165, 1.54) is 5.69 Å². The van der Waals surface area contributed by atoms with Gasteiger partial charge in [0.1, 0.15) is 5.69 Å². The number of rotatable bonds is 2. The second kappa shape index (κ2) is 5.93. The minimum atomic E-state index is 0.107. The van der Waals surface area contributed by atoms with Crippen molar-refractivity contribution in [1.82, 2.24) is 9.47 Å². The first-order chi connectivity index (χ1) is 10.1. The number of piperazine rings is 1. The number of carbonyl (C=O) groups is 1. The van der Waals surface area contributed by atoms with Crippen LogP contribution in [0.3, 0.4) is 0 Å². The molecule has 21 heavy (non-hydrogen) atoms. The number of nitrogens with zero attached hydrogens (tertiary/aromatic N) is 3. The van der Waals surface area contributed by atoms with E-state index in [4.69, 9.17) is 0 Å². The summed E-state index contributed by atoms with van der Waals surface area (Å²) >= 11 is 3.42. The van der Waals surface area contributed by atoms with Crippen LogP contribution < -0.4 is 4.90 Å². The van der Waals surface area contributed by atoms with Crippen molar-refractivity contribution in [3.63, 3.8) is 0 Å². The number of para-hydroxylation sites is 1. The molecule has 1 aliphatic heterocycles. The number of hydrogen-bond acceptors (Lipinski definition) is 2. The van der Waals surface area contributed by atoms with Crippen LogP contribution in [0.4, 0.5) is 5.69 Å². The molecule has 0 atom stereocenters. The fourth-order valence-electron chi connectivity index (χ4n) is 2.71. The molecule has 1 aliphatic rings. The summed E-state index contributed by atoms with van der Waals surface area (Å²) < 4.78 is 2.81. The molecule has 1 aromatic heterocycles. The highest BCUT2D eigenvalue weighted by Crippen LogP contribution is 2.19. The molecule has 5 heteroatoms. The highest BCUT2D eigenvalue weighted by Gasteiger charge is 2.23. The highest BCUT2D eigenvalue weighted by molar-refractivity contribution is 9.10. The average molecular weight is 348 g/mol. The molecule has 1 saturated heterocycles. The monoisotopic (exact) mass is 347 g/mol. The maximum Gasteiger partial charge on any atom is 0.270 e. The SMILES string of the molecule is Cn1cc(Br)cc1C(=O)N1CCN(c2ccccc2)CC1. The van der Waals surface area contributed by atoms with E-state index in [0.29, 0.717) is 0 Å². The van der Waals surface area contributed by atoms with Crippen molar-refractivity contribution in [2.75, 3.05) is 31.1 Å². The van der Waals surface area contributed by atoms with Gasteiger partial charge in [0.25, 0.3) is 5.91 Å². The molecule has 0 saturated carbocycles. The van der Waals surface area contributed by atoms with E-state index in [9.17, 15) is 4.79 Å². The summed E-state index contributed by atoms with van der Waals surface area (Å²) in [5.74, 6) is 0.107. The lowest BCUT2D eigenvalue weighted by Gasteiger charge is -2.36. The van der Waals surface area contributed by atoms with Crippen molar-refractivity contribution >= 4 is 27.5 Å². The molecule has 4 nitrogen and oxygen atoms in total. The van der Waals surface area contributed by atoms with Crippen LogP contribution in [0.25, 0.3) is 0 Å². The standard InChI is InChI=1S/C16H18BrN3O/c1-18-12-13(17)11-15(18)16(21)20-9-7-19(8-10-20)14-5-3-2-4-6-14/h2-6,11-12H,7-10H2,1H3. The number of carbonyl (C=O) groups excluding carboxylic acids is 1. The van der Waals surface area contributed by atoms with Gasteiger partial charge in [0.15, 0.2) is 0 Å². The van der Waals surface area contributed by atoms with Gasteiger partial charge in [-0.1, -0.05) is 18.2 Å². The molecule has 0 aliphatic carbocycles. The van der Waals surface area contributed by atoms with Gasteiger partial charge in [0.05, 0.1) is 0 Å². The third-order valence-electron chi connectivity index (χ3n) is 3.88. The summed E-state index contributed by atoms with van der Waals surface area (Å²) in [6, 6.07) is 12.2. The van der Waals surface area contributed by atoms with Gasteiger partial charge in [0.2, 0.25) is 0 Å². The summed E-state index contributed by atoms with van der Waals surface area (Å²) in [5, 5.41) is 0. The van der Waals surface area contributed by atoms with Crippen LogP contribution in [0.2, 0.25) is 0 Å². The molecule has 110 valence electrons. The lowest BCUT2D eigenvalue weighted by atomic mass is 10.2. The zero-order valence-corrected chi connectivity index (χ0v) is 13.6. The maximum absolute atomic E-state index is 12.5. The lowest BCUT2D eigenvalue weighted by Crippen LogP contribution is -2.49. The molecule has 0 N–H and O–H groups in total. The van der Waals surface area contributed by atoms with E-state index >= 15 is 0 Å². The van der Waals surface area contributed by atoms with Crippen LogP contribution in [0.1, 0.15) is 10.5 Å². The van der Waals surface area contributed by atoms with E-state index in [-0.39, 0.29) is 5.91 Å². The molecule has 2 heterocycles. The van der Waals surface area contributed by atoms with Crippen molar-refractivity contribution in [2.45, 2.75) is 0 Å². The van der Waals surface area contributed by atoms with Crippen molar-refractivity contribution in [3.8, 4) is 0 Å². The molecule has 1 aromatic carbocycles. The molecule has 0 spiro atoms. The van der Waals surface area contributed by atoms with E-state index in [1.807, 2.05) is 47.0 Å². The van der Waals surface area contributed by atoms with Crippen molar-refractivity contribution in [1.29, 1.82) is 0 Å². The molecular weight excluding hydrogens is 330 g/mol. The number of amides is 1. The molecular formula is C16H18BrN3O. The zero-order valence-electron chi connectivity index (χ0n) is 12.0. The van der Waals surface area contributed by atoms with Gasteiger partial charge in [-0.2, -0.15) is 0 Å². The van der Waals surface area contributed by atoms with Crippen LogP contribution in [-0.2, 0) is 7.05 Å². The Balaban J connectivity index is 1.66. The number of aromatic nitrogens is 1. The van der Waals surface area contributed by atoms with Gasteiger partial charge in [-0.25, -0.2) is 0 Å². The molecule has 3 rings (SSSR count). The smallest absolute Gasteiger partial charge is 0.270 e. The van der Waals surface area contributed by atoms with Crippen LogP contribution in [0, 0.1) is 0 Å². The Morgan fingerprint density at radius 1 is 1.10 bits per heavy atom. The van der Waals surface area contributed by atoms with E-state index in [2.05, 4.69) is 33.0 Å². The molecule has 0 unspecified atom stereocenters. The number of anilines is 1. The number of aryl methyl sites for hydroxylation is 1. The number of benzene rings is 1. The Hall–Kier alpha value is -1.75. The summed E-state index contributed by atoms with van der Waals surface area (Å²) in [6.07, 6.45) is 1.91. The summed E-state index contributed by atoms with van der Waals surface area (Å²) in [6.45, 7) is 3.27. The quantitative estimate of drug-likeness (QED) is 0.835. The minimum Gasteiger partial charge on any atom is -0.368 e. The van der Waals surface area contributed by atoms with Crippen LogP contribution >= 0.6 is 15.9 Å². The molecule has 0 bridgehead atoms. The largest absolute Gasteiger partial charge is 0.368 e. The second-order valence-corrected chi connectivity index (χ2v) is 6.18. The Morgan fingerprint density at radius 2 is 1.76 bits per heavy atom. The van der Waals surface area contributed by atoms with Gasteiger partial charge < -0.3 is 14.4 Å². The van der Waals surface area contributed by atoms with Gasteiger partial charge in [0, 0.05) is 49.6 Å². The van der Waals surface area contributed by atoms with Gasteiger partial charge >= 0.3 is 0 Å². The molecule has 1 amide bonds. The fraction of sp³-hybridized carbons (Fsp3) is 0.312. The van der Waals surface area contributed by atoms with E-state index in [0.717, 1.165) is 36.3 Å². The van der Waals surface area contributed by atoms with Crippen molar-refractivity contribution in [3.05, 3.63) is 52.8 Å². The molecule has 0 radical (unpaired) electrons. The van der Waals surface area contributed by atoms with Gasteiger partial charge in [-0.3, -0.25) is 4.79 Å². The highest BCUT2D eigenvalue weighted by atomic mass is 79.9. The minimum absolute atomic E-state index is 0.107. The third kappa shape index (κ3) is 2.97. The maximum atomic E-state index is 12.5. The third-order valence-corrected chi connectivity index (χ3v) is 4.31. The first-order valence-electron chi connectivity index (χ1n) is 7.06. The summed E-state index contributed by atoms with van der Waals surface area (Å²) in [5.41, 5.74) is 1.96. The Kier molecular flexibility index (Phi) is 4.01. The van der Waals surface area contributed by atoms with E-state index < -0.39 is 0 Å². The Labute approximate surface area is 133 Å². The van der Waals surface area contributed by atoms with Gasteiger partial charge in [-0.05, 0) is 34.1 Å². The Bertz CT molecular complexity index is 630. The second-order valence-electron chi connectivity index (χ2n) is 5.27. The topological polar surface area (TPSA) is 28.5 Å². The first-order valence-corrected chi connectivity index (χ1v) is 7.85. The van der Waals surface area contributed by atoms with Crippen LogP contribution in [0.15, 0.2) is 47.1 Å². The van der Waals surface area contributed by atoms with E-state index in [1.54, 1.807) is 0 Å². The Morgan fingerprint density at radius 3 is 2.33 bits per heavy atom. The molecule has 1 fully saturated rings. The first kappa shape index (κ1) is 14.2. The zero-order chi connectivity index (χ0) is 14.8. The van der Waals surface area contributed by atoms with Crippen molar-refractivity contribution in [2.24, 2.45) is 7.05 Å². The molecule has 2 aromatic rings. The predicted molar refractivity (Wildman–Crippen MR) is 87.7 cm³/mol. The van der Waals surface area contributed by atoms with Crippen LogP contribution in [-0.4, -0.2) is 41.6 Å². The predicted octanol–water partition coefficient (Wildman–Crippen LogP) is 2.75. The summed E-state index contributed by atoms with van der Waals surface area (Å²) in [7, 11) is 1.90. The normalized spacial score (nSPS) is 15.3. The van der Waals surface area contributed by atoms with Gasteiger partial charge in [-0.15, -0.1) is 0 Å².